The van der Waals surface area contributed by atoms with Crippen molar-refractivity contribution in [3.63, 3.8) is 0 Å². The van der Waals surface area contributed by atoms with Crippen LogP contribution < -0.4 is 0 Å². The highest BCUT2D eigenvalue weighted by Gasteiger charge is 2.47. The van der Waals surface area contributed by atoms with Crippen LogP contribution in [0.4, 0.5) is 0 Å². The molecular formula is C27H20S. The van der Waals surface area contributed by atoms with Crippen LogP contribution in [0, 0.1) is 6.92 Å². The lowest BCUT2D eigenvalue weighted by atomic mass is 9.73. The molecule has 0 saturated heterocycles. The topological polar surface area (TPSA) is 0 Å². The third-order valence-corrected chi connectivity index (χ3v) is 8.80. The van der Waals surface area contributed by atoms with Crippen molar-refractivity contribution in [3.8, 4) is 32.7 Å². The highest BCUT2D eigenvalue weighted by Crippen LogP contribution is 2.65. The molecule has 0 aliphatic heterocycles. The number of aryl methyl sites for hydroxylation is 1. The van der Waals surface area contributed by atoms with Gasteiger partial charge in [-0.2, -0.15) is 0 Å². The maximum Gasteiger partial charge on any atom is 0.0437 e. The maximum atomic E-state index is 2.46. The summed E-state index contributed by atoms with van der Waals surface area (Å²) in [4.78, 5) is 3.06. The normalized spacial score (nSPS) is 20.2. The van der Waals surface area contributed by atoms with Crippen molar-refractivity contribution >= 4 is 27.7 Å². The van der Waals surface area contributed by atoms with Gasteiger partial charge in [-0.05, 0) is 64.4 Å². The van der Waals surface area contributed by atoms with E-state index in [1.54, 1.807) is 10.4 Å². The summed E-state index contributed by atoms with van der Waals surface area (Å²) in [7, 11) is 0. The summed E-state index contributed by atoms with van der Waals surface area (Å²) in [6.45, 7) is 6.97. The molecule has 3 aliphatic carbocycles. The van der Waals surface area contributed by atoms with Crippen LogP contribution in [0.25, 0.3) is 49.0 Å². The van der Waals surface area contributed by atoms with E-state index >= 15 is 0 Å². The van der Waals surface area contributed by atoms with Crippen LogP contribution in [-0.4, -0.2) is 0 Å². The van der Waals surface area contributed by atoms with Crippen LogP contribution in [0.15, 0.2) is 54.6 Å². The Morgan fingerprint density at radius 2 is 1.61 bits per heavy atom. The Hall–Kier alpha value is -2.64. The number of hydrogen-bond acceptors (Lipinski definition) is 1. The molecule has 0 nitrogen and oxygen atoms in total. The third-order valence-electron chi connectivity index (χ3n) is 7.31. The minimum Gasteiger partial charge on any atom is -0.138 e. The molecule has 0 N–H and O–H groups in total. The second-order valence-electron chi connectivity index (χ2n) is 8.82. The van der Waals surface area contributed by atoms with E-state index in [1.807, 2.05) is 11.3 Å². The van der Waals surface area contributed by atoms with Gasteiger partial charge in [-0.3, -0.25) is 0 Å². The van der Waals surface area contributed by atoms with E-state index in [4.69, 9.17) is 0 Å². The molecule has 1 unspecified atom stereocenters. The summed E-state index contributed by atoms with van der Waals surface area (Å²) >= 11 is 2.05. The van der Waals surface area contributed by atoms with Gasteiger partial charge in [0.15, 0.2) is 0 Å². The zero-order valence-corrected chi connectivity index (χ0v) is 17.1. The van der Waals surface area contributed by atoms with Crippen molar-refractivity contribution in [1.82, 2.24) is 0 Å². The van der Waals surface area contributed by atoms with E-state index in [9.17, 15) is 0 Å². The first-order chi connectivity index (χ1) is 13.6. The predicted octanol–water partition coefficient (Wildman–Crippen LogP) is 7.95. The summed E-state index contributed by atoms with van der Waals surface area (Å²) in [6, 6.07) is 18.4. The Balaban J connectivity index is 1.65. The number of hydrogen-bond donors (Lipinski definition) is 0. The molecule has 134 valence electrons. The Morgan fingerprint density at radius 1 is 0.821 bits per heavy atom. The minimum atomic E-state index is 0.120. The minimum absolute atomic E-state index is 0.120. The van der Waals surface area contributed by atoms with Crippen LogP contribution in [-0.2, 0) is 5.41 Å². The molecule has 1 atom stereocenters. The molecule has 3 aromatic carbocycles. The zero-order chi connectivity index (χ0) is 18.8. The number of fused-ring (bicyclic) bond motifs is 7. The van der Waals surface area contributed by atoms with Crippen LogP contribution in [0.2, 0.25) is 0 Å². The molecular weight excluding hydrogens is 356 g/mol. The van der Waals surface area contributed by atoms with Crippen molar-refractivity contribution in [2.75, 3.05) is 0 Å². The summed E-state index contributed by atoms with van der Waals surface area (Å²) in [5.74, 6) is 0. The van der Waals surface area contributed by atoms with E-state index in [2.05, 4.69) is 75.4 Å². The first-order valence-corrected chi connectivity index (χ1v) is 10.9. The third kappa shape index (κ3) is 1.50. The number of thiophene rings is 1. The Kier molecular flexibility index (Phi) is 2.55. The quantitative estimate of drug-likeness (QED) is 0.257. The lowest BCUT2D eigenvalue weighted by molar-refractivity contribution is 0.600. The fourth-order valence-electron chi connectivity index (χ4n) is 5.93. The van der Waals surface area contributed by atoms with Crippen molar-refractivity contribution in [2.24, 2.45) is 0 Å². The molecule has 7 rings (SSSR count). The lowest BCUT2D eigenvalue weighted by Gasteiger charge is -2.31. The fraction of sp³-hybridized carbons (Fsp3) is 0.185. The van der Waals surface area contributed by atoms with Gasteiger partial charge in [-0.25, -0.2) is 0 Å². The molecule has 1 heterocycles. The maximum absolute atomic E-state index is 2.46. The number of allylic oxidation sites excluding steroid dienone is 2. The largest absolute Gasteiger partial charge is 0.138 e. The summed E-state index contributed by atoms with van der Waals surface area (Å²) in [6.07, 6.45) is 3.56. The first-order valence-electron chi connectivity index (χ1n) is 10.1. The fourth-order valence-corrected chi connectivity index (χ4v) is 7.46. The van der Waals surface area contributed by atoms with E-state index in [0.29, 0.717) is 0 Å². The molecule has 28 heavy (non-hydrogen) atoms. The highest BCUT2D eigenvalue weighted by molar-refractivity contribution is 7.17. The van der Waals surface area contributed by atoms with Gasteiger partial charge in [-0.15, -0.1) is 11.3 Å². The highest BCUT2D eigenvalue weighted by atomic mass is 32.1. The number of benzene rings is 3. The average Bonchev–Trinajstić information content (AvgIpc) is 3.31. The second kappa shape index (κ2) is 4.67. The van der Waals surface area contributed by atoms with Crippen LogP contribution in [0.1, 0.15) is 41.8 Å². The van der Waals surface area contributed by atoms with Gasteiger partial charge in [-0.1, -0.05) is 61.5 Å². The molecule has 1 aromatic heterocycles. The molecule has 0 saturated carbocycles. The Morgan fingerprint density at radius 3 is 2.50 bits per heavy atom. The van der Waals surface area contributed by atoms with Crippen molar-refractivity contribution in [3.05, 3.63) is 76.2 Å². The molecule has 1 heteroatoms. The summed E-state index contributed by atoms with van der Waals surface area (Å²) < 4.78 is 0. The van der Waals surface area contributed by atoms with E-state index in [0.717, 1.165) is 6.42 Å². The van der Waals surface area contributed by atoms with Crippen molar-refractivity contribution in [2.45, 2.75) is 32.6 Å². The first kappa shape index (κ1) is 15.3. The van der Waals surface area contributed by atoms with E-state index in [1.165, 1.54) is 60.2 Å². The Labute approximate surface area is 169 Å². The SMILES string of the molecule is CC1=CCC2(C)c3sc4c(c3-c3cccc1c32)-c1ccc(C)c2cccc-4c12. The Bertz CT molecular complexity index is 1410. The second-order valence-corrected chi connectivity index (χ2v) is 9.84. The molecule has 0 spiro atoms. The van der Waals surface area contributed by atoms with Crippen molar-refractivity contribution < 1.29 is 0 Å². The molecule has 4 aromatic rings. The van der Waals surface area contributed by atoms with Gasteiger partial charge < -0.3 is 0 Å². The summed E-state index contributed by atoms with van der Waals surface area (Å²) in [5, 5.41) is 2.87. The predicted molar refractivity (Wildman–Crippen MR) is 121 cm³/mol. The standard InChI is InChI=1S/C27H20S/c1-14-10-11-18-21-16(14)6-4-9-20(21)25-22(18)23-19-8-5-7-17-15(2)12-13-27(3,24(17)19)26(23)28-25/h4-12H,13H2,1-3H3. The van der Waals surface area contributed by atoms with Gasteiger partial charge in [0.05, 0.1) is 0 Å². The van der Waals surface area contributed by atoms with Crippen LogP contribution >= 0.6 is 11.3 Å². The van der Waals surface area contributed by atoms with E-state index in [-0.39, 0.29) is 5.41 Å². The average molecular weight is 377 g/mol. The van der Waals surface area contributed by atoms with Gasteiger partial charge >= 0.3 is 0 Å². The summed E-state index contributed by atoms with van der Waals surface area (Å²) in [5.41, 5.74) is 13.3. The molecule has 0 bridgehead atoms. The molecule has 0 amide bonds. The molecule has 3 aliphatic rings. The molecule has 0 radical (unpaired) electrons. The smallest absolute Gasteiger partial charge is 0.0437 e. The monoisotopic (exact) mass is 376 g/mol. The molecule has 0 fully saturated rings. The van der Waals surface area contributed by atoms with Crippen LogP contribution in [0.3, 0.4) is 0 Å². The van der Waals surface area contributed by atoms with E-state index < -0.39 is 0 Å². The lowest BCUT2D eigenvalue weighted by Crippen LogP contribution is -2.22. The van der Waals surface area contributed by atoms with Gasteiger partial charge in [0, 0.05) is 31.9 Å². The van der Waals surface area contributed by atoms with Crippen LogP contribution in [0.5, 0.6) is 0 Å². The number of rotatable bonds is 0. The zero-order valence-electron chi connectivity index (χ0n) is 16.3. The van der Waals surface area contributed by atoms with Gasteiger partial charge in [0.25, 0.3) is 0 Å². The van der Waals surface area contributed by atoms with Gasteiger partial charge in [0.1, 0.15) is 0 Å². The van der Waals surface area contributed by atoms with Gasteiger partial charge in [0.2, 0.25) is 0 Å². The van der Waals surface area contributed by atoms with Crippen molar-refractivity contribution in [1.29, 1.82) is 0 Å².